The van der Waals surface area contributed by atoms with Gasteiger partial charge in [-0.15, -0.1) is 0 Å². The average Bonchev–Trinajstić information content (AvgIpc) is 2.41. The fourth-order valence-electron chi connectivity index (χ4n) is 1.37. The van der Waals surface area contributed by atoms with Crippen molar-refractivity contribution in [1.82, 2.24) is 9.97 Å². The number of hydrogen-bond donors (Lipinski definition) is 1. The molecule has 0 unspecified atom stereocenters. The van der Waals surface area contributed by atoms with E-state index in [1.54, 1.807) is 18.2 Å². The lowest BCUT2D eigenvalue weighted by atomic mass is 10.3. The molecule has 0 aliphatic rings. The molecule has 0 aliphatic heterocycles. The average molecular weight is 298 g/mol. The summed E-state index contributed by atoms with van der Waals surface area (Å²) in [4.78, 5) is 19.6. The van der Waals surface area contributed by atoms with E-state index in [1.807, 2.05) is 0 Å². The van der Waals surface area contributed by atoms with Gasteiger partial charge in [0.2, 0.25) is 0 Å². The van der Waals surface area contributed by atoms with Crippen LogP contribution in [-0.4, -0.2) is 23.0 Å². The van der Waals surface area contributed by atoms with Gasteiger partial charge in [0.1, 0.15) is 16.6 Å². The molecular formula is C12H9Cl2N3O2. The number of nitrogens with zero attached hydrogens (tertiary/aromatic N) is 2. The number of amides is 1. The van der Waals surface area contributed by atoms with Gasteiger partial charge in [-0.3, -0.25) is 9.78 Å². The van der Waals surface area contributed by atoms with Gasteiger partial charge in [-0.05, 0) is 12.1 Å². The fourth-order valence-corrected chi connectivity index (χ4v) is 1.68. The summed E-state index contributed by atoms with van der Waals surface area (Å²) in [5, 5.41) is 3.15. The molecule has 19 heavy (non-hydrogen) atoms. The van der Waals surface area contributed by atoms with E-state index < -0.39 is 5.91 Å². The second kappa shape index (κ2) is 5.86. The smallest absolute Gasteiger partial charge is 0.275 e. The van der Waals surface area contributed by atoms with E-state index in [4.69, 9.17) is 27.9 Å². The summed E-state index contributed by atoms with van der Waals surface area (Å²) in [5.74, 6) is 0.127. The predicted octanol–water partition coefficient (Wildman–Crippen LogP) is 3.04. The molecule has 5 nitrogen and oxygen atoms in total. The van der Waals surface area contributed by atoms with Crippen LogP contribution in [0.4, 0.5) is 5.69 Å². The molecule has 0 fully saturated rings. The lowest BCUT2D eigenvalue weighted by molar-refractivity contribution is 0.102. The Kier molecular flexibility index (Phi) is 4.19. The highest BCUT2D eigenvalue weighted by atomic mass is 35.5. The Hall–Kier alpha value is -1.85. The standard InChI is InChI=1S/C12H9Cl2N3O2/c1-19-7-2-3-8(13)9(4-7)17-12(18)10-5-15-6-11(14)16-10/h2-6H,1H3,(H,17,18). The molecule has 1 aromatic carbocycles. The molecule has 0 spiro atoms. The maximum absolute atomic E-state index is 11.9. The minimum Gasteiger partial charge on any atom is -0.497 e. The third-order valence-corrected chi connectivity index (χ3v) is 2.77. The minimum absolute atomic E-state index is 0.103. The van der Waals surface area contributed by atoms with Crippen LogP contribution in [0.1, 0.15) is 10.5 Å². The monoisotopic (exact) mass is 297 g/mol. The molecule has 1 aromatic heterocycles. The Morgan fingerprint density at radius 2 is 2.11 bits per heavy atom. The van der Waals surface area contributed by atoms with Gasteiger partial charge in [-0.25, -0.2) is 4.98 Å². The molecule has 2 rings (SSSR count). The maximum atomic E-state index is 11.9. The van der Waals surface area contributed by atoms with Crippen molar-refractivity contribution in [2.75, 3.05) is 12.4 Å². The van der Waals surface area contributed by atoms with Crippen LogP contribution in [0.2, 0.25) is 10.2 Å². The Morgan fingerprint density at radius 1 is 1.32 bits per heavy atom. The first-order chi connectivity index (χ1) is 9.10. The Balaban J connectivity index is 2.23. The Labute approximate surface area is 119 Å². The highest BCUT2D eigenvalue weighted by Crippen LogP contribution is 2.26. The zero-order valence-electron chi connectivity index (χ0n) is 9.85. The van der Waals surface area contributed by atoms with Crippen molar-refractivity contribution < 1.29 is 9.53 Å². The highest BCUT2D eigenvalue weighted by Gasteiger charge is 2.11. The van der Waals surface area contributed by atoms with E-state index in [1.165, 1.54) is 19.5 Å². The number of methoxy groups -OCH3 is 1. The number of ether oxygens (including phenoxy) is 1. The third kappa shape index (κ3) is 3.33. The van der Waals surface area contributed by atoms with E-state index in [0.717, 1.165) is 0 Å². The zero-order valence-corrected chi connectivity index (χ0v) is 11.4. The zero-order chi connectivity index (χ0) is 13.8. The Bertz CT molecular complexity index is 620. The number of nitrogens with one attached hydrogen (secondary N) is 1. The van der Waals surface area contributed by atoms with E-state index in [2.05, 4.69) is 15.3 Å². The molecule has 0 radical (unpaired) electrons. The fraction of sp³-hybridized carbons (Fsp3) is 0.0833. The van der Waals surface area contributed by atoms with Crippen LogP contribution in [0.3, 0.4) is 0 Å². The minimum atomic E-state index is -0.454. The SMILES string of the molecule is COc1ccc(Cl)c(NC(=O)c2cncc(Cl)n2)c1. The van der Waals surface area contributed by atoms with Gasteiger partial charge in [0.25, 0.3) is 5.91 Å². The molecular weight excluding hydrogens is 289 g/mol. The summed E-state index contributed by atoms with van der Waals surface area (Å²) in [5.41, 5.74) is 0.527. The molecule has 2 aromatic rings. The van der Waals surface area contributed by atoms with Crippen molar-refractivity contribution in [2.24, 2.45) is 0 Å². The molecule has 0 aliphatic carbocycles. The van der Waals surface area contributed by atoms with Crippen molar-refractivity contribution in [3.8, 4) is 5.75 Å². The quantitative estimate of drug-likeness (QED) is 0.946. The number of anilines is 1. The van der Waals surface area contributed by atoms with Gasteiger partial charge < -0.3 is 10.1 Å². The summed E-state index contributed by atoms with van der Waals surface area (Å²) in [6.07, 6.45) is 2.66. The van der Waals surface area contributed by atoms with Crippen molar-refractivity contribution in [2.45, 2.75) is 0 Å². The first-order valence-corrected chi connectivity index (χ1v) is 5.98. The van der Waals surface area contributed by atoms with E-state index >= 15 is 0 Å². The largest absolute Gasteiger partial charge is 0.497 e. The van der Waals surface area contributed by atoms with Crippen LogP contribution in [0.25, 0.3) is 0 Å². The number of carbonyl (C=O) groups is 1. The summed E-state index contributed by atoms with van der Waals surface area (Å²) >= 11 is 11.7. The van der Waals surface area contributed by atoms with Gasteiger partial charge >= 0.3 is 0 Å². The second-order valence-electron chi connectivity index (χ2n) is 3.53. The summed E-state index contributed by atoms with van der Waals surface area (Å²) in [7, 11) is 1.53. The van der Waals surface area contributed by atoms with Crippen molar-refractivity contribution >= 4 is 34.8 Å². The second-order valence-corrected chi connectivity index (χ2v) is 4.32. The number of halogens is 2. The van der Waals surface area contributed by atoms with Crippen LogP contribution in [0.5, 0.6) is 5.75 Å². The van der Waals surface area contributed by atoms with E-state index in [0.29, 0.717) is 16.5 Å². The van der Waals surface area contributed by atoms with Crippen LogP contribution < -0.4 is 10.1 Å². The van der Waals surface area contributed by atoms with Crippen molar-refractivity contribution in [3.05, 3.63) is 46.5 Å². The first kappa shape index (κ1) is 13.6. The summed E-state index contributed by atoms with van der Waals surface area (Å²) < 4.78 is 5.06. The van der Waals surface area contributed by atoms with Gasteiger partial charge in [0.05, 0.1) is 30.2 Å². The molecule has 0 atom stereocenters. The van der Waals surface area contributed by atoms with Crippen LogP contribution >= 0.6 is 23.2 Å². The number of hydrogen-bond acceptors (Lipinski definition) is 4. The molecule has 0 bridgehead atoms. The molecule has 1 amide bonds. The predicted molar refractivity (Wildman–Crippen MR) is 73.0 cm³/mol. The number of aromatic nitrogens is 2. The summed E-state index contributed by atoms with van der Waals surface area (Å²) in [6, 6.07) is 4.93. The van der Waals surface area contributed by atoms with Crippen molar-refractivity contribution in [3.63, 3.8) is 0 Å². The number of benzene rings is 1. The van der Waals surface area contributed by atoms with Gasteiger partial charge in [-0.2, -0.15) is 0 Å². The lowest BCUT2D eigenvalue weighted by Crippen LogP contribution is -2.14. The third-order valence-electron chi connectivity index (χ3n) is 2.26. The molecule has 0 saturated carbocycles. The normalized spacial score (nSPS) is 10.1. The number of rotatable bonds is 3. The lowest BCUT2D eigenvalue weighted by Gasteiger charge is -2.08. The van der Waals surface area contributed by atoms with Gasteiger partial charge in [-0.1, -0.05) is 23.2 Å². The Morgan fingerprint density at radius 3 is 2.79 bits per heavy atom. The molecule has 7 heteroatoms. The van der Waals surface area contributed by atoms with Crippen LogP contribution in [0, 0.1) is 0 Å². The van der Waals surface area contributed by atoms with Crippen LogP contribution in [0.15, 0.2) is 30.6 Å². The van der Waals surface area contributed by atoms with Gasteiger partial charge in [0.15, 0.2) is 0 Å². The molecule has 1 N–H and O–H groups in total. The molecule has 1 heterocycles. The van der Waals surface area contributed by atoms with Gasteiger partial charge in [0, 0.05) is 6.07 Å². The first-order valence-electron chi connectivity index (χ1n) is 5.22. The molecule has 98 valence electrons. The van der Waals surface area contributed by atoms with Crippen molar-refractivity contribution in [1.29, 1.82) is 0 Å². The molecule has 0 saturated heterocycles. The van der Waals surface area contributed by atoms with E-state index in [-0.39, 0.29) is 10.8 Å². The maximum Gasteiger partial charge on any atom is 0.275 e. The topological polar surface area (TPSA) is 64.1 Å². The summed E-state index contributed by atoms with van der Waals surface area (Å²) in [6.45, 7) is 0. The number of carbonyl (C=O) groups excluding carboxylic acids is 1. The highest BCUT2D eigenvalue weighted by molar-refractivity contribution is 6.34. The van der Waals surface area contributed by atoms with E-state index in [9.17, 15) is 4.79 Å². The van der Waals surface area contributed by atoms with Crippen LogP contribution in [-0.2, 0) is 0 Å².